The first-order chi connectivity index (χ1) is 44.4. The van der Waals surface area contributed by atoms with Gasteiger partial charge in [-0.2, -0.15) is 0 Å². The Kier molecular flexibility index (Phi) is 13.5. The smallest absolute Gasteiger partial charge is 0.252 e. The molecule has 2 aliphatic heterocycles. The van der Waals surface area contributed by atoms with E-state index >= 15 is 0 Å². The van der Waals surface area contributed by atoms with Gasteiger partial charge in [0.15, 0.2) is 8.07 Å². The Morgan fingerprint density at radius 2 is 0.703 bits per heavy atom. The highest BCUT2D eigenvalue weighted by Crippen LogP contribution is 2.50. The summed E-state index contributed by atoms with van der Waals surface area (Å²) in [6.07, 6.45) is 0. The van der Waals surface area contributed by atoms with Crippen LogP contribution in [-0.2, 0) is 10.8 Å². The third-order valence-electron chi connectivity index (χ3n) is 19.4. The van der Waals surface area contributed by atoms with E-state index in [0.717, 1.165) is 62.1 Å². The summed E-state index contributed by atoms with van der Waals surface area (Å²) in [6.45, 7) is 13.8. The van der Waals surface area contributed by atoms with Crippen molar-refractivity contribution in [3.8, 4) is 39.1 Å². The van der Waals surface area contributed by atoms with E-state index in [2.05, 4.69) is 371 Å². The Balaban J connectivity index is 1.06. The molecule has 0 bridgehead atoms. The summed E-state index contributed by atoms with van der Waals surface area (Å²) in [5, 5.41) is 7.91. The van der Waals surface area contributed by atoms with Crippen molar-refractivity contribution in [1.29, 1.82) is 0 Å². The van der Waals surface area contributed by atoms with Gasteiger partial charge in [-0.1, -0.05) is 290 Å². The van der Waals surface area contributed by atoms with Crippen LogP contribution in [0.15, 0.2) is 315 Å². The lowest BCUT2D eigenvalue weighted by molar-refractivity contribution is 0.590. The van der Waals surface area contributed by atoms with Gasteiger partial charge in [-0.25, -0.2) is 0 Å². The minimum Gasteiger partial charge on any atom is -0.311 e. The molecule has 0 saturated heterocycles. The van der Waals surface area contributed by atoms with Crippen LogP contribution in [0.25, 0.3) is 60.9 Å². The molecule has 2 aliphatic rings. The molecular formula is C86H70BN3Si. The zero-order chi connectivity index (χ0) is 61.6. The quantitative estimate of drug-likeness (QED) is 0.0999. The van der Waals surface area contributed by atoms with Gasteiger partial charge in [-0.05, 0) is 148 Å². The summed E-state index contributed by atoms with van der Waals surface area (Å²) < 4.78 is 2.54. The van der Waals surface area contributed by atoms with E-state index in [-0.39, 0.29) is 17.5 Å². The lowest BCUT2D eigenvalue weighted by atomic mass is 9.33. The van der Waals surface area contributed by atoms with Crippen LogP contribution in [-0.4, -0.2) is 19.4 Å². The first kappa shape index (κ1) is 55.8. The lowest BCUT2D eigenvalue weighted by Gasteiger charge is -2.46. The Morgan fingerprint density at radius 3 is 1.16 bits per heavy atom. The van der Waals surface area contributed by atoms with E-state index in [1.165, 1.54) is 81.2 Å². The fourth-order valence-electron chi connectivity index (χ4n) is 15.0. The highest BCUT2D eigenvalue weighted by atomic mass is 28.3. The molecule has 3 heterocycles. The van der Waals surface area contributed by atoms with Crippen LogP contribution in [0, 0.1) is 0 Å². The summed E-state index contributed by atoms with van der Waals surface area (Å²) >= 11 is 0. The topological polar surface area (TPSA) is 11.4 Å². The molecule has 14 aromatic rings. The van der Waals surface area contributed by atoms with E-state index in [1.807, 2.05) is 0 Å². The molecule has 0 saturated carbocycles. The minimum atomic E-state index is -3.07. The average molecular weight is 1180 g/mol. The minimum absolute atomic E-state index is 0.0334. The van der Waals surface area contributed by atoms with Crippen LogP contribution in [0.5, 0.6) is 0 Å². The van der Waals surface area contributed by atoms with Crippen molar-refractivity contribution >= 4 is 108 Å². The summed E-state index contributed by atoms with van der Waals surface area (Å²) in [5.74, 6) is 0. The van der Waals surface area contributed by atoms with Crippen molar-refractivity contribution in [2.24, 2.45) is 0 Å². The van der Waals surface area contributed by atoms with Crippen LogP contribution in [0.2, 0.25) is 0 Å². The number of anilines is 6. The SMILES string of the molecule is CC(C)(C)c1ccc2c(c1)c1cc(C(C)(C)C)ccc1n2-c1ccc2c(c1)N(c1ccccc1-c1ccccc1)c1cc(-c3ccccc3)cc3c1B2c1cc([Si](c2ccccc2)(c2ccccc2)c2ccccc2)ccc1N3c1ccccc1-c1ccccc1. The predicted molar refractivity (Wildman–Crippen MR) is 392 cm³/mol. The maximum Gasteiger partial charge on any atom is 0.252 e. The zero-order valence-corrected chi connectivity index (χ0v) is 53.4. The van der Waals surface area contributed by atoms with Crippen molar-refractivity contribution < 1.29 is 0 Å². The number of hydrogen-bond acceptors (Lipinski definition) is 2. The molecular weight excluding hydrogens is 1110 g/mol. The Hall–Kier alpha value is -10.5. The molecule has 0 amide bonds. The first-order valence-corrected chi connectivity index (χ1v) is 34.1. The number of nitrogens with zero attached hydrogens (tertiary/aromatic N) is 3. The molecule has 0 unspecified atom stereocenters. The standard InChI is InChI=1S/C86H70BN3Si/c1-85(2,3)63-45-50-78-72(55-63)73-56-64(86(4,5)6)46-51-79(73)88(78)65-47-49-74-81(57-65)90(77-44-28-26-42-71(77)61-33-17-9-18-34-61)83-54-62(59-29-13-7-14-30-59)53-82-84(83)87(74)75-58-69(48-52-80(75)89(82)76-43-27-25-41-70(76)60-31-15-8-16-32-60)91(66-35-19-10-20-36-66,67-37-21-11-22-38-67)68-39-23-12-24-40-68/h7-58H,1-6H3. The zero-order valence-electron chi connectivity index (χ0n) is 52.4. The number of para-hydroxylation sites is 2. The molecule has 0 aliphatic carbocycles. The number of rotatable bonds is 10. The molecule has 0 N–H and O–H groups in total. The Labute approximate surface area is 536 Å². The number of hydrogen-bond donors (Lipinski definition) is 0. The largest absolute Gasteiger partial charge is 0.311 e. The van der Waals surface area contributed by atoms with Gasteiger partial charge in [-0.3, -0.25) is 0 Å². The number of benzene rings is 13. The second-order valence-electron chi connectivity index (χ2n) is 26.8. The number of fused-ring (bicyclic) bond motifs is 7. The van der Waals surface area contributed by atoms with Crippen LogP contribution in [0.1, 0.15) is 52.7 Å². The van der Waals surface area contributed by atoms with Gasteiger partial charge in [0.2, 0.25) is 0 Å². The third kappa shape index (κ3) is 9.24. The Morgan fingerprint density at radius 1 is 0.286 bits per heavy atom. The van der Waals surface area contributed by atoms with Crippen LogP contribution < -0.4 is 46.9 Å². The molecule has 13 aromatic carbocycles. The van der Waals surface area contributed by atoms with Crippen LogP contribution in [0.3, 0.4) is 0 Å². The molecule has 0 fully saturated rings. The maximum atomic E-state index is 2.66. The fraction of sp³-hybridized carbons (Fsp3) is 0.0930. The first-order valence-electron chi connectivity index (χ1n) is 32.1. The monoisotopic (exact) mass is 1180 g/mol. The van der Waals surface area contributed by atoms with Crippen molar-refractivity contribution in [2.45, 2.75) is 52.4 Å². The normalized spacial score (nSPS) is 12.9. The van der Waals surface area contributed by atoms with Gasteiger partial charge in [-0.15, -0.1) is 0 Å². The molecule has 0 radical (unpaired) electrons. The van der Waals surface area contributed by atoms with E-state index < -0.39 is 8.07 Å². The highest BCUT2D eigenvalue weighted by molar-refractivity contribution is 7.20. The van der Waals surface area contributed by atoms with Gasteiger partial charge in [0.25, 0.3) is 6.71 Å². The lowest BCUT2D eigenvalue weighted by Crippen LogP contribution is -2.75. The van der Waals surface area contributed by atoms with E-state index in [0.29, 0.717) is 0 Å². The summed E-state index contributed by atoms with van der Waals surface area (Å²) in [6, 6.07) is 120. The summed E-state index contributed by atoms with van der Waals surface area (Å²) in [5.41, 5.74) is 23.7. The Bertz CT molecular complexity index is 4900. The molecule has 5 heteroatoms. The van der Waals surface area contributed by atoms with E-state index in [9.17, 15) is 0 Å². The van der Waals surface area contributed by atoms with Gasteiger partial charge in [0.05, 0.1) is 22.4 Å². The molecule has 16 rings (SSSR count). The molecule has 436 valence electrons. The van der Waals surface area contributed by atoms with Crippen molar-refractivity contribution in [2.75, 3.05) is 9.80 Å². The summed E-state index contributed by atoms with van der Waals surface area (Å²) in [7, 11) is -3.07. The van der Waals surface area contributed by atoms with Crippen molar-refractivity contribution in [3.05, 3.63) is 327 Å². The van der Waals surface area contributed by atoms with Crippen LogP contribution in [0.4, 0.5) is 34.1 Å². The van der Waals surface area contributed by atoms with Gasteiger partial charge in [0, 0.05) is 50.3 Å². The maximum absolute atomic E-state index is 3.07. The predicted octanol–water partition coefficient (Wildman–Crippen LogP) is 17.8. The second kappa shape index (κ2) is 21.9. The van der Waals surface area contributed by atoms with Gasteiger partial charge >= 0.3 is 0 Å². The van der Waals surface area contributed by atoms with Crippen molar-refractivity contribution in [1.82, 2.24) is 4.57 Å². The molecule has 3 nitrogen and oxygen atoms in total. The molecule has 0 atom stereocenters. The third-order valence-corrected chi connectivity index (χ3v) is 24.2. The van der Waals surface area contributed by atoms with Crippen LogP contribution >= 0.6 is 0 Å². The van der Waals surface area contributed by atoms with E-state index in [4.69, 9.17) is 0 Å². The molecule has 1 aromatic heterocycles. The van der Waals surface area contributed by atoms with Gasteiger partial charge < -0.3 is 14.4 Å². The molecule has 0 spiro atoms. The number of aromatic nitrogens is 1. The average Bonchev–Trinajstić information content (AvgIpc) is 0.857. The highest BCUT2D eigenvalue weighted by Gasteiger charge is 2.47. The van der Waals surface area contributed by atoms with E-state index in [1.54, 1.807) is 0 Å². The second-order valence-corrected chi connectivity index (χ2v) is 30.6. The van der Waals surface area contributed by atoms with Crippen molar-refractivity contribution in [3.63, 3.8) is 0 Å². The molecule has 91 heavy (non-hydrogen) atoms. The van der Waals surface area contributed by atoms with Gasteiger partial charge in [0.1, 0.15) is 0 Å². The summed E-state index contributed by atoms with van der Waals surface area (Å²) in [4.78, 5) is 5.26. The fourth-order valence-corrected chi connectivity index (χ4v) is 19.8.